The third-order valence-corrected chi connectivity index (χ3v) is 4.51. The van der Waals surface area contributed by atoms with Crippen LogP contribution in [-0.4, -0.2) is 21.5 Å². The number of rotatable bonds is 1. The molecule has 2 aromatic carbocycles. The van der Waals surface area contributed by atoms with Gasteiger partial charge in [-0.05, 0) is 39.0 Å². The second-order valence-corrected chi connectivity index (χ2v) is 7.45. The largest absolute Gasteiger partial charge is 0.363 e. The van der Waals surface area contributed by atoms with E-state index in [4.69, 9.17) is 0 Å². The molecule has 1 aliphatic rings. The van der Waals surface area contributed by atoms with E-state index in [0.29, 0.717) is 16.7 Å². The van der Waals surface area contributed by atoms with Gasteiger partial charge in [0.05, 0.1) is 0 Å². The van der Waals surface area contributed by atoms with Gasteiger partial charge in [-0.1, -0.05) is 46.3 Å². The van der Waals surface area contributed by atoms with Crippen molar-refractivity contribution in [2.75, 3.05) is 0 Å². The van der Waals surface area contributed by atoms with Gasteiger partial charge in [0, 0.05) is 26.7 Å². The number of carbonyl (C=O) groups excluding carboxylic acids is 1. The van der Waals surface area contributed by atoms with E-state index >= 15 is 0 Å². The van der Waals surface area contributed by atoms with Gasteiger partial charge in [0.1, 0.15) is 0 Å². The quantitative estimate of drug-likeness (QED) is 0.838. The summed E-state index contributed by atoms with van der Waals surface area (Å²) in [4.78, 5) is 14.4. The standard InChI is InChI=1S/C18H18BrNO2/c1-17(2,3)20-16(21)14-6-4-5-7-15(14)18(20,22)12-8-10-13(19)11-9-12/h4-11,22H,1-3H3. The summed E-state index contributed by atoms with van der Waals surface area (Å²) >= 11 is 3.41. The van der Waals surface area contributed by atoms with Crippen LogP contribution >= 0.6 is 15.9 Å². The van der Waals surface area contributed by atoms with Gasteiger partial charge in [-0.15, -0.1) is 0 Å². The van der Waals surface area contributed by atoms with Crippen LogP contribution in [0.1, 0.15) is 42.3 Å². The molecule has 0 radical (unpaired) electrons. The van der Waals surface area contributed by atoms with E-state index in [2.05, 4.69) is 15.9 Å². The van der Waals surface area contributed by atoms with Gasteiger partial charge in [-0.25, -0.2) is 0 Å². The first-order valence-electron chi connectivity index (χ1n) is 7.19. The van der Waals surface area contributed by atoms with Gasteiger partial charge in [0.15, 0.2) is 5.72 Å². The van der Waals surface area contributed by atoms with Crippen LogP contribution in [0.25, 0.3) is 0 Å². The molecule has 114 valence electrons. The third kappa shape index (κ3) is 2.09. The number of aliphatic hydroxyl groups is 1. The van der Waals surface area contributed by atoms with Crippen LogP contribution < -0.4 is 0 Å². The molecule has 3 rings (SSSR count). The molecule has 2 aromatic rings. The highest BCUT2D eigenvalue weighted by molar-refractivity contribution is 9.10. The number of halogens is 1. The lowest BCUT2D eigenvalue weighted by atomic mass is 9.91. The fraction of sp³-hybridized carbons (Fsp3) is 0.278. The first-order chi connectivity index (χ1) is 10.3. The Hall–Kier alpha value is -1.65. The summed E-state index contributed by atoms with van der Waals surface area (Å²) in [5.74, 6) is -0.145. The van der Waals surface area contributed by atoms with Crippen molar-refractivity contribution in [3.8, 4) is 0 Å². The average molecular weight is 360 g/mol. The molecule has 0 spiro atoms. The Balaban J connectivity index is 2.29. The molecule has 0 bridgehead atoms. The molecule has 1 heterocycles. The van der Waals surface area contributed by atoms with Gasteiger partial charge in [-0.2, -0.15) is 0 Å². The molecule has 4 heteroatoms. The lowest BCUT2D eigenvalue weighted by molar-refractivity contribution is -0.0876. The van der Waals surface area contributed by atoms with Crippen LogP contribution in [0.15, 0.2) is 53.0 Å². The molecule has 0 saturated carbocycles. The Bertz CT molecular complexity index is 733. The van der Waals surface area contributed by atoms with E-state index < -0.39 is 11.3 Å². The number of hydrogen-bond donors (Lipinski definition) is 1. The van der Waals surface area contributed by atoms with Crippen LogP contribution in [0.5, 0.6) is 0 Å². The van der Waals surface area contributed by atoms with Gasteiger partial charge in [0.25, 0.3) is 5.91 Å². The van der Waals surface area contributed by atoms with Crippen molar-refractivity contribution in [2.45, 2.75) is 32.0 Å². The zero-order valence-corrected chi connectivity index (χ0v) is 14.4. The zero-order valence-electron chi connectivity index (χ0n) is 12.8. The molecule has 1 unspecified atom stereocenters. The Morgan fingerprint density at radius 3 is 2.23 bits per heavy atom. The van der Waals surface area contributed by atoms with Crippen LogP contribution in [0.3, 0.4) is 0 Å². The monoisotopic (exact) mass is 359 g/mol. The lowest BCUT2D eigenvalue weighted by Crippen LogP contribution is -2.54. The number of nitrogens with zero attached hydrogens (tertiary/aromatic N) is 1. The zero-order chi connectivity index (χ0) is 16.1. The first kappa shape index (κ1) is 15.3. The minimum atomic E-state index is -1.45. The normalized spacial score (nSPS) is 21.1. The third-order valence-electron chi connectivity index (χ3n) is 3.98. The highest BCUT2D eigenvalue weighted by Gasteiger charge is 2.53. The van der Waals surface area contributed by atoms with Crippen LogP contribution in [0.4, 0.5) is 0 Å². The Morgan fingerprint density at radius 2 is 1.64 bits per heavy atom. The second kappa shape index (κ2) is 4.93. The molecular formula is C18H18BrNO2. The van der Waals surface area contributed by atoms with Crippen molar-refractivity contribution in [3.05, 3.63) is 69.7 Å². The predicted octanol–water partition coefficient (Wildman–Crippen LogP) is 3.90. The Labute approximate surface area is 138 Å². The van der Waals surface area contributed by atoms with Gasteiger partial charge < -0.3 is 5.11 Å². The van der Waals surface area contributed by atoms with E-state index in [-0.39, 0.29) is 5.91 Å². The van der Waals surface area contributed by atoms with Crippen molar-refractivity contribution < 1.29 is 9.90 Å². The van der Waals surface area contributed by atoms with Crippen molar-refractivity contribution in [2.24, 2.45) is 0 Å². The van der Waals surface area contributed by atoms with Gasteiger partial charge >= 0.3 is 0 Å². The molecule has 0 saturated heterocycles. The smallest absolute Gasteiger partial charge is 0.257 e. The van der Waals surface area contributed by atoms with Crippen molar-refractivity contribution >= 4 is 21.8 Å². The van der Waals surface area contributed by atoms with Gasteiger partial charge in [0.2, 0.25) is 0 Å². The molecule has 0 aliphatic carbocycles. The summed E-state index contributed by atoms with van der Waals surface area (Å²) in [7, 11) is 0. The summed E-state index contributed by atoms with van der Waals surface area (Å²) in [5, 5.41) is 11.6. The summed E-state index contributed by atoms with van der Waals surface area (Å²) < 4.78 is 0.930. The number of amides is 1. The fourth-order valence-electron chi connectivity index (χ4n) is 3.12. The molecular weight excluding hydrogens is 342 g/mol. The highest BCUT2D eigenvalue weighted by atomic mass is 79.9. The lowest BCUT2D eigenvalue weighted by Gasteiger charge is -2.43. The molecule has 1 N–H and O–H groups in total. The van der Waals surface area contributed by atoms with E-state index in [1.165, 1.54) is 0 Å². The fourth-order valence-corrected chi connectivity index (χ4v) is 3.38. The maximum atomic E-state index is 12.9. The molecule has 0 aromatic heterocycles. The first-order valence-corrected chi connectivity index (χ1v) is 7.98. The molecule has 1 amide bonds. The second-order valence-electron chi connectivity index (χ2n) is 6.54. The number of carbonyl (C=O) groups is 1. The summed E-state index contributed by atoms with van der Waals surface area (Å²) in [6.07, 6.45) is 0. The van der Waals surface area contributed by atoms with Crippen molar-refractivity contribution in [1.29, 1.82) is 0 Å². The minimum Gasteiger partial charge on any atom is -0.363 e. The van der Waals surface area contributed by atoms with Crippen LogP contribution in [0, 0.1) is 0 Å². The topological polar surface area (TPSA) is 40.5 Å². The maximum absolute atomic E-state index is 12.9. The van der Waals surface area contributed by atoms with E-state index in [1.54, 1.807) is 11.0 Å². The number of benzene rings is 2. The minimum absolute atomic E-state index is 0.145. The molecule has 1 atom stereocenters. The Kier molecular flexibility index (Phi) is 3.42. The van der Waals surface area contributed by atoms with Crippen molar-refractivity contribution in [3.63, 3.8) is 0 Å². The SMILES string of the molecule is CC(C)(C)N1C(=O)c2ccccc2C1(O)c1ccc(Br)cc1. The predicted molar refractivity (Wildman–Crippen MR) is 89.5 cm³/mol. The summed E-state index contributed by atoms with van der Waals surface area (Å²) in [6, 6.07) is 14.7. The molecule has 22 heavy (non-hydrogen) atoms. The highest BCUT2D eigenvalue weighted by Crippen LogP contribution is 2.45. The van der Waals surface area contributed by atoms with E-state index in [0.717, 1.165) is 4.47 Å². The van der Waals surface area contributed by atoms with Crippen LogP contribution in [0.2, 0.25) is 0 Å². The van der Waals surface area contributed by atoms with Gasteiger partial charge in [-0.3, -0.25) is 9.69 Å². The molecule has 1 aliphatic heterocycles. The average Bonchev–Trinajstić information content (AvgIpc) is 2.69. The summed E-state index contributed by atoms with van der Waals surface area (Å²) in [5.41, 5.74) is -0.0890. The molecule has 0 fully saturated rings. The molecule has 3 nitrogen and oxygen atoms in total. The number of fused-ring (bicyclic) bond motifs is 1. The van der Waals surface area contributed by atoms with E-state index in [9.17, 15) is 9.90 Å². The maximum Gasteiger partial charge on any atom is 0.257 e. The summed E-state index contributed by atoms with van der Waals surface area (Å²) in [6.45, 7) is 5.79. The van der Waals surface area contributed by atoms with E-state index in [1.807, 2.05) is 63.2 Å². The number of hydrogen-bond acceptors (Lipinski definition) is 2. The Morgan fingerprint density at radius 1 is 1.05 bits per heavy atom. The van der Waals surface area contributed by atoms with Crippen LogP contribution in [-0.2, 0) is 5.72 Å². The van der Waals surface area contributed by atoms with Crippen molar-refractivity contribution in [1.82, 2.24) is 4.90 Å².